The highest BCUT2D eigenvalue weighted by Crippen LogP contribution is 2.28. The fraction of sp³-hybridized carbons (Fsp3) is 0.174. The van der Waals surface area contributed by atoms with E-state index >= 15 is 0 Å². The minimum Gasteiger partial charge on any atom is -0.495 e. The molecule has 32 heavy (non-hydrogen) atoms. The molecule has 7 nitrogen and oxygen atoms in total. The van der Waals surface area contributed by atoms with E-state index in [0.29, 0.717) is 34.0 Å². The van der Waals surface area contributed by atoms with Crippen molar-refractivity contribution in [2.75, 3.05) is 18.2 Å². The average molecular weight is 469 g/mol. The van der Waals surface area contributed by atoms with Crippen molar-refractivity contribution in [2.24, 2.45) is 0 Å². The SMILES string of the molecule is COc1ccc(C)cc1NC(=O)CSc1nnc(-c2ccc(Cl)cc2)n1Cc1ccco1. The molecule has 4 rings (SSSR count). The maximum absolute atomic E-state index is 12.6. The zero-order chi connectivity index (χ0) is 22.5. The molecular formula is C23H21ClN4O3S. The number of carbonyl (C=O) groups excluding carboxylic acids is 1. The van der Waals surface area contributed by atoms with Crippen LogP contribution in [0.25, 0.3) is 11.4 Å². The summed E-state index contributed by atoms with van der Waals surface area (Å²) in [5.41, 5.74) is 2.53. The molecule has 164 valence electrons. The third-order valence-electron chi connectivity index (χ3n) is 4.67. The number of ether oxygens (including phenoxy) is 1. The van der Waals surface area contributed by atoms with Crippen molar-refractivity contribution in [1.29, 1.82) is 0 Å². The molecular weight excluding hydrogens is 448 g/mol. The van der Waals surface area contributed by atoms with Crippen LogP contribution in [0.2, 0.25) is 5.02 Å². The lowest BCUT2D eigenvalue weighted by molar-refractivity contribution is -0.113. The highest BCUT2D eigenvalue weighted by Gasteiger charge is 2.17. The molecule has 0 fully saturated rings. The number of methoxy groups -OCH3 is 1. The van der Waals surface area contributed by atoms with Crippen molar-refractivity contribution in [3.05, 3.63) is 77.2 Å². The second kappa shape index (κ2) is 9.93. The molecule has 2 aromatic heterocycles. The largest absolute Gasteiger partial charge is 0.495 e. The highest BCUT2D eigenvalue weighted by molar-refractivity contribution is 7.99. The molecule has 2 aromatic carbocycles. The predicted octanol–water partition coefficient (Wildman–Crippen LogP) is 5.29. The van der Waals surface area contributed by atoms with Crippen LogP contribution >= 0.6 is 23.4 Å². The lowest BCUT2D eigenvalue weighted by Crippen LogP contribution is -2.15. The van der Waals surface area contributed by atoms with Gasteiger partial charge in [0.25, 0.3) is 0 Å². The van der Waals surface area contributed by atoms with Crippen molar-refractivity contribution in [1.82, 2.24) is 14.8 Å². The number of benzene rings is 2. The number of rotatable bonds is 8. The first-order chi connectivity index (χ1) is 15.5. The Morgan fingerprint density at radius 2 is 2.00 bits per heavy atom. The summed E-state index contributed by atoms with van der Waals surface area (Å²) < 4.78 is 12.8. The lowest BCUT2D eigenvalue weighted by Gasteiger charge is -2.11. The molecule has 0 bridgehead atoms. The Kier molecular flexibility index (Phi) is 6.82. The molecule has 0 radical (unpaired) electrons. The Balaban J connectivity index is 1.53. The summed E-state index contributed by atoms with van der Waals surface area (Å²) in [5, 5.41) is 12.8. The van der Waals surface area contributed by atoms with E-state index in [2.05, 4.69) is 15.5 Å². The van der Waals surface area contributed by atoms with Gasteiger partial charge in [0.1, 0.15) is 11.5 Å². The fourth-order valence-corrected chi connectivity index (χ4v) is 4.01. The number of halogens is 1. The molecule has 0 atom stereocenters. The topological polar surface area (TPSA) is 82.2 Å². The number of amides is 1. The van der Waals surface area contributed by atoms with E-state index in [1.165, 1.54) is 11.8 Å². The number of nitrogens with one attached hydrogen (secondary N) is 1. The lowest BCUT2D eigenvalue weighted by atomic mass is 10.2. The zero-order valence-electron chi connectivity index (χ0n) is 17.5. The van der Waals surface area contributed by atoms with E-state index in [4.69, 9.17) is 20.8 Å². The summed E-state index contributed by atoms with van der Waals surface area (Å²) in [7, 11) is 1.57. The summed E-state index contributed by atoms with van der Waals surface area (Å²) >= 11 is 7.33. The van der Waals surface area contributed by atoms with Gasteiger partial charge in [0.05, 0.1) is 31.4 Å². The normalized spacial score (nSPS) is 10.8. The van der Waals surface area contributed by atoms with Gasteiger partial charge in [0.15, 0.2) is 11.0 Å². The van der Waals surface area contributed by atoms with E-state index in [0.717, 1.165) is 16.9 Å². The van der Waals surface area contributed by atoms with Crippen LogP contribution in [0, 0.1) is 6.92 Å². The van der Waals surface area contributed by atoms with Crippen LogP contribution in [0.5, 0.6) is 5.75 Å². The zero-order valence-corrected chi connectivity index (χ0v) is 19.1. The third kappa shape index (κ3) is 5.15. The van der Waals surface area contributed by atoms with Gasteiger partial charge in [-0.25, -0.2) is 0 Å². The van der Waals surface area contributed by atoms with Gasteiger partial charge >= 0.3 is 0 Å². The molecule has 0 aliphatic rings. The number of hydrogen-bond acceptors (Lipinski definition) is 6. The number of thioether (sulfide) groups is 1. The number of anilines is 1. The van der Waals surface area contributed by atoms with Gasteiger partial charge < -0.3 is 14.5 Å². The van der Waals surface area contributed by atoms with Gasteiger partial charge in [-0.3, -0.25) is 9.36 Å². The van der Waals surface area contributed by atoms with Gasteiger partial charge in [0.2, 0.25) is 5.91 Å². The Hall–Kier alpha value is -3.23. The minimum absolute atomic E-state index is 0.161. The molecule has 9 heteroatoms. The van der Waals surface area contributed by atoms with Crippen LogP contribution in [-0.2, 0) is 11.3 Å². The maximum atomic E-state index is 12.6. The molecule has 1 amide bonds. The van der Waals surface area contributed by atoms with E-state index in [9.17, 15) is 4.79 Å². The van der Waals surface area contributed by atoms with Gasteiger partial charge in [-0.05, 0) is 61.0 Å². The number of carbonyl (C=O) groups is 1. The number of aromatic nitrogens is 3. The smallest absolute Gasteiger partial charge is 0.234 e. The van der Waals surface area contributed by atoms with Crippen molar-refractivity contribution in [3.63, 3.8) is 0 Å². The minimum atomic E-state index is -0.167. The van der Waals surface area contributed by atoms with Crippen LogP contribution in [0.15, 0.2) is 70.4 Å². The maximum Gasteiger partial charge on any atom is 0.234 e. The van der Waals surface area contributed by atoms with Crippen LogP contribution in [0.4, 0.5) is 5.69 Å². The van der Waals surface area contributed by atoms with E-state index in [1.807, 2.05) is 54.0 Å². The summed E-state index contributed by atoms with van der Waals surface area (Å²) in [6.07, 6.45) is 1.62. The monoisotopic (exact) mass is 468 g/mol. The number of nitrogens with zero attached hydrogens (tertiary/aromatic N) is 3. The Bertz CT molecular complexity index is 1210. The second-order valence-corrected chi connectivity index (χ2v) is 8.40. The van der Waals surface area contributed by atoms with Gasteiger partial charge in [0, 0.05) is 10.6 Å². The van der Waals surface area contributed by atoms with Crippen LogP contribution in [0.1, 0.15) is 11.3 Å². The molecule has 0 unspecified atom stereocenters. The third-order valence-corrected chi connectivity index (χ3v) is 5.89. The van der Waals surface area contributed by atoms with Crippen molar-refractivity contribution in [2.45, 2.75) is 18.6 Å². The summed E-state index contributed by atoms with van der Waals surface area (Å²) in [4.78, 5) is 12.6. The first kappa shape index (κ1) is 22.0. The fourth-order valence-electron chi connectivity index (χ4n) is 3.14. The van der Waals surface area contributed by atoms with Gasteiger partial charge in [-0.1, -0.05) is 29.4 Å². The van der Waals surface area contributed by atoms with Gasteiger partial charge in [-0.2, -0.15) is 0 Å². The van der Waals surface area contributed by atoms with Crippen molar-refractivity contribution >= 4 is 35.0 Å². The van der Waals surface area contributed by atoms with E-state index in [-0.39, 0.29) is 11.7 Å². The predicted molar refractivity (Wildman–Crippen MR) is 125 cm³/mol. The van der Waals surface area contributed by atoms with E-state index < -0.39 is 0 Å². The molecule has 1 N–H and O–H groups in total. The number of furan rings is 1. The van der Waals surface area contributed by atoms with Gasteiger partial charge in [-0.15, -0.1) is 10.2 Å². The Morgan fingerprint density at radius 1 is 1.19 bits per heavy atom. The molecule has 0 spiro atoms. The molecule has 0 aliphatic carbocycles. The molecule has 2 heterocycles. The molecule has 0 saturated carbocycles. The van der Waals surface area contributed by atoms with Crippen LogP contribution in [-0.4, -0.2) is 33.5 Å². The molecule has 0 saturated heterocycles. The highest BCUT2D eigenvalue weighted by atomic mass is 35.5. The number of hydrogen-bond donors (Lipinski definition) is 1. The standard InChI is InChI=1S/C23H21ClN4O3S/c1-15-5-10-20(30-2)19(12-15)25-21(29)14-32-23-27-26-22(16-6-8-17(24)9-7-16)28(23)13-18-4-3-11-31-18/h3-12H,13-14H2,1-2H3,(H,25,29). The molecule has 4 aromatic rings. The van der Waals surface area contributed by atoms with Crippen molar-refractivity contribution < 1.29 is 13.9 Å². The number of aryl methyl sites for hydroxylation is 1. The van der Waals surface area contributed by atoms with Crippen molar-refractivity contribution in [3.8, 4) is 17.1 Å². The van der Waals surface area contributed by atoms with Crippen LogP contribution < -0.4 is 10.1 Å². The van der Waals surface area contributed by atoms with Crippen LogP contribution in [0.3, 0.4) is 0 Å². The first-order valence-electron chi connectivity index (χ1n) is 9.82. The summed E-state index contributed by atoms with van der Waals surface area (Å²) in [6.45, 7) is 2.40. The summed E-state index contributed by atoms with van der Waals surface area (Å²) in [5.74, 6) is 2.03. The second-order valence-electron chi connectivity index (χ2n) is 7.02. The summed E-state index contributed by atoms with van der Waals surface area (Å²) in [6, 6.07) is 16.7. The quantitative estimate of drug-likeness (QED) is 0.354. The Morgan fingerprint density at radius 3 is 2.72 bits per heavy atom. The Labute approximate surface area is 194 Å². The molecule has 0 aliphatic heterocycles. The van der Waals surface area contributed by atoms with E-state index in [1.54, 1.807) is 25.5 Å². The first-order valence-corrected chi connectivity index (χ1v) is 11.2. The average Bonchev–Trinajstić information content (AvgIpc) is 3.44.